The number of carbonyl (C=O) groups excluding carboxylic acids is 4. The molecule has 168 valence electrons. The van der Waals surface area contributed by atoms with Crippen molar-refractivity contribution in [1.82, 2.24) is 10.2 Å². The Labute approximate surface area is 195 Å². The number of ether oxygens (including phenoxy) is 1. The molecule has 0 spiro atoms. The molecule has 0 saturated carbocycles. The lowest BCUT2D eigenvalue weighted by Crippen LogP contribution is -2.36. The maximum absolute atomic E-state index is 12.5. The van der Waals surface area contributed by atoms with Crippen molar-refractivity contribution >= 4 is 46.8 Å². The lowest BCUT2D eigenvalue weighted by molar-refractivity contribution is -0.142. The van der Waals surface area contributed by atoms with Gasteiger partial charge in [0.05, 0.1) is 22.7 Å². The number of nitrogens with zero attached hydrogens (tertiary/aromatic N) is 1. The van der Waals surface area contributed by atoms with E-state index in [4.69, 9.17) is 23.2 Å². The third kappa shape index (κ3) is 5.66. The zero-order valence-corrected chi connectivity index (χ0v) is 18.9. The van der Waals surface area contributed by atoms with Gasteiger partial charge in [0.2, 0.25) is 11.7 Å². The first-order valence-electron chi connectivity index (χ1n) is 10.0. The SMILES string of the molecule is COC(=O)c1ccc(CN2CC(C(=O)NCCCc3ccc(Cl)c(Cl)c3)C(=O)C2=O)cc1. The van der Waals surface area contributed by atoms with E-state index < -0.39 is 29.5 Å². The number of benzene rings is 2. The Balaban J connectivity index is 1.49. The van der Waals surface area contributed by atoms with E-state index >= 15 is 0 Å². The van der Waals surface area contributed by atoms with Gasteiger partial charge in [-0.3, -0.25) is 14.4 Å². The molecule has 2 aromatic rings. The molecule has 32 heavy (non-hydrogen) atoms. The van der Waals surface area contributed by atoms with Gasteiger partial charge >= 0.3 is 5.97 Å². The van der Waals surface area contributed by atoms with Crippen molar-refractivity contribution < 1.29 is 23.9 Å². The van der Waals surface area contributed by atoms with Gasteiger partial charge in [0.25, 0.3) is 5.91 Å². The minimum atomic E-state index is -1.03. The number of rotatable bonds is 8. The molecule has 1 heterocycles. The summed E-state index contributed by atoms with van der Waals surface area (Å²) in [7, 11) is 1.29. The fraction of sp³-hybridized carbons (Fsp3) is 0.304. The van der Waals surface area contributed by atoms with Crippen LogP contribution in [-0.2, 0) is 32.1 Å². The first-order chi connectivity index (χ1) is 15.3. The van der Waals surface area contributed by atoms with Crippen molar-refractivity contribution in [3.05, 3.63) is 69.2 Å². The standard InChI is InChI=1S/C23H22Cl2N2O5/c1-32-23(31)16-7-4-15(5-8-16)12-27-13-17(20(28)22(27)30)21(29)26-10-2-3-14-6-9-18(24)19(25)11-14/h4-9,11,17H,2-3,10,12-13H2,1H3,(H,26,29). The molecule has 2 amide bonds. The van der Waals surface area contributed by atoms with Gasteiger partial charge in [0.1, 0.15) is 5.92 Å². The first kappa shape index (κ1) is 23.8. The molecule has 0 aliphatic carbocycles. The van der Waals surface area contributed by atoms with Gasteiger partial charge in [-0.05, 0) is 48.2 Å². The smallest absolute Gasteiger partial charge is 0.337 e. The topological polar surface area (TPSA) is 92.8 Å². The largest absolute Gasteiger partial charge is 0.465 e. The summed E-state index contributed by atoms with van der Waals surface area (Å²) in [6, 6.07) is 11.9. The maximum Gasteiger partial charge on any atom is 0.337 e. The molecular weight excluding hydrogens is 455 g/mol. The van der Waals surface area contributed by atoms with Gasteiger partial charge in [-0.15, -0.1) is 0 Å². The molecule has 1 N–H and O–H groups in total. The molecule has 1 fully saturated rings. The highest BCUT2D eigenvalue weighted by molar-refractivity contribution is 6.42. The molecular formula is C23H22Cl2N2O5. The molecule has 1 saturated heterocycles. The van der Waals surface area contributed by atoms with Gasteiger partial charge in [-0.2, -0.15) is 0 Å². The van der Waals surface area contributed by atoms with Crippen LogP contribution in [0.4, 0.5) is 0 Å². The van der Waals surface area contributed by atoms with Crippen LogP contribution in [0.25, 0.3) is 0 Å². The zero-order valence-electron chi connectivity index (χ0n) is 17.4. The van der Waals surface area contributed by atoms with Crippen LogP contribution in [-0.4, -0.2) is 48.7 Å². The van der Waals surface area contributed by atoms with Crippen LogP contribution >= 0.6 is 23.2 Å². The van der Waals surface area contributed by atoms with E-state index in [1.807, 2.05) is 6.07 Å². The predicted molar refractivity (Wildman–Crippen MR) is 119 cm³/mol. The Morgan fingerprint density at radius 3 is 2.41 bits per heavy atom. The van der Waals surface area contributed by atoms with E-state index in [0.29, 0.717) is 35.0 Å². The van der Waals surface area contributed by atoms with Crippen LogP contribution in [0.5, 0.6) is 0 Å². The average molecular weight is 477 g/mol. The average Bonchev–Trinajstić information content (AvgIpc) is 3.07. The number of hydrogen-bond acceptors (Lipinski definition) is 5. The van der Waals surface area contributed by atoms with E-state index in [2.05, 4.69) is 10.1 Å². The quantitative estimate of drug-likeness (QED) is 0.273. The summed E-state index contributed by atoms with van der Waals surface area (Å²) in [5.74, 6) is -3.33. The molecule has 7 nitrogen and oxygen atoms in total. The summed E-state index contributed by atoms with van der Waals surface area (Å²) in [6.07, 6.45) is 1.33. The summed E-state index contributed by atoms with van der Waals surface area (Å²) in [5.41, 5.74) is 2.12. The number of aryl methyl sites for hydroxylation is 1. The Morgan fingerprint density at radius 1 is 1.06 bits per heavy atom. The first-order valence-corrected chi connectivity index (χ1v) is 10.8. The molecule has 0 aromatic heterocycles. The summed E-state index contributed by atoms with van der Waals surface area (Å²) in [5, 5.41) is 3.69. The number of ketones is 1. The number of likely N-dealkylation sites (tertiary alicyclic amines) is 1. The molecule has 9 heteroatoms. The van der Waals surface area contributed by atoms with Crippen LogP contribution in [0.1, 0.15) is 27.9 Å². The van der Waals surface area contributed by atoms with Crippen molar-refractivity contribution in [3.63, 3.8) is 0 Å². The second-order valence-corrected chi connectivity index (χ2v) is 8.25. The van der Waals surface area contributed by atoms with Crippen molar-refractivity contribution in [2.75, 3.05) is 20.2 Å². The highest BCUT2D eigenvalue weighted by Crippen LogP contribution is 2.23. The van der Waals surface area contributed by atoms with Crippen molar-refractivity contribution in [2.45, 2.75) is 19.4 Å². The third-order valence-corrected chi connectivity index (χ3v) is 5.95. The minimum absolute atomic E-state index is 0.0229. The van der Waals surface area contributed by atoms with Crippen LogP contribution in [0.2, 0.25) is 10.0 Å². The number of halogens is 2. The van der Waals surface area contributed by atoms with Gasteiger partial charge < -0.3 is 15.0 Å². The fourth-order valence-corrected chi connectivity index (χ4v) is 3.76. The lowest BCUT2D eigenvalue weighted by atomic mass is 10.1. The number of hydrogen-bond donors (Lipinski definition) is 1. The van der Waals surface area contributed by atoms with Gasteiger partial charge in [-0.25, -0.2) is 4.79 Å². The molecule has 1 aliphatic heterocycles. The van der Waals surface area contributed by atoms with Crippen molar-refractivity contribution in [3.8, 4) is 0 Å². The summed E-state index contributed by atoms with van der Waals surface area (Å²) >= 11 is 11.9. The number of esters is 1. The highest BCUT2D eigenvalue weighted by Gasteiger charge is 2.42. The molecule has 3 rings (SSSR count). The number of carbonyl (C=O) groups is 4. The van der Waals surface area contributed by atoms with Gasteiger partial charge in [0, 0.05) is 19.6 Å². The zero-order chi connectivity index (χ0) is 23.3. The Morgan fingerprint density at radius 2 is 1.75 bits per heavy atom. The molecule has 1 unspecified atom stereocenters. The second kappa shape index (κ2) is 10.6. The van der Waals surface area contributed by atoms with Crippen LogP contribution < -0.4 is 5.32 Å². The van der Waals surface area contributed by atoms with Gasteiger partial charge in [0.15, 0.2) is 0 Å². The van der Waals surface area contributed by atoms with Crippen LogP contribution in [0.3, 0.4) is 0 Å². The van der Waals surface area contributed by atoms with E-state index in [1.165, 1.54) is 12.0 Å². The number of methoxy groups -OCH3 is 1. The monoisotopic (exact) mass is 476 g/mol. The Kier molecular flexibility index (Phi) is 7.88. The molecule has 2 aromatic carbocycles. The molecule has 0 bridgehead atoms. The Hall–Kier alpha value is -2.90. The van der Waals surface area contributed by atoms with Gasteiger partial charge in [-0.1, -0.05) is 41.4 Å². The van der Waals surface area contributed by atoms with Crippen molar-refractivity contribution in [1.29, 1.82) is 0 Å². The third-order valence-electron chi connectivity index (χ3n) is 5.21. The second-order valence-electron chi connectivity index (χ2n) is 7.43. The summed E-state index contributed by atoms with van der Waals surface area (Å²) in [6.45, 7) is 0.564. The van der Waals surface area contributed by atoms with E-state index in [0.717, 1.165) is 11.1 Å². The molecule has 1 aliphatic rings. The van der Waals surface area contributed by atoms with E-state index in [-0.39, 0.29) is 13.1 Å². The van der Waals surface area contributed by atoms with Crippen molar-refractivity contribution in [2.24, 2.45) is 5.92 Å². The Bertz CT molecular complexity index is 1040. The van der Waals surface area contributed by atoms with Crippen LogP contribution in [0, 0.1) is 5.92 Å². The number of amides is 2. The normalized spacial score (nSPS) is 15.7. The number of nitrogens with one attached hydrogen (secondary N) is 1. The van der Waals surface area contributed by atoms with Crippen LogP contribution in [0.15, 0.2) is 42.5 Å². The predicted octanol–water partition coefficient (Wildman–Crippen LogP) is 3.06. The number of Topliss-reactive ketones (excluding diaryl/α,β-unsaturated/α-hetero) is 1. The molecule has 0 radical (unpaired) electrons. The fourth-order valence-electron chi connectivity index (χ4n) is 3.44. The maximum atomic E-state index is 12.5. The van der Waals surface area contributed by atoms with E-state index in [1.54, 1.807) is 36.4 Å². The highest BCUT2D eigenvalue weighted by atomic mass is 35.5. The lowest BCUT2D eigenvalue weighted by Gasteiger charge is -2.16. The molecule has 1 atom stereocenters. The summed E-state index contributed by atoms with van der Waals surface area (Å²) in [4.78, 5) is 49.9. The van der Waals surface area contributed by atoms with E-state index in [9.17, 15) is 19.2 Å². The minimum Gasteiger partial charge on any atom is -0.465 e. The summed E-state index contributed by atoms with van der Waals surface area (Å²) < 4.78 is 4.65.